The molecule has 0 saturated carbocycles. The summed E-state index contributed by atoms with van der Waals surface area (Å²) in [5.74, 6) is -0.171. The molecule has 0 atom stereocenters. The van der Waals surface area contributed by atoms with Gasteiger partial charge in [0.05, 0.1) is 4.75 Å². The number of thioether (sulfide) groups is 1. The Kier molecular flexibility index (Phi) is 6.65. The molecule has 0 fully saturated rings. The third kappa shape index (κ3) is 4.48. The Bertz CT molecular complexity index is 1060. The van der Waals surface area contributed by atoms with E-state index in [2.05, 4.69) is 88.5 Å². The summed E-state index contributed by atoms with van der Waals surface area (Å²) >= 11 is 3.19. The first kappa shape index (κ1) is 21.1. The molecule has 0 radical (unpaired) electrons. The van der Waals surface area contributed by atoms with Crippen molar-refractivity contribution in [3.05, 3.63) is 129 Å². The first-order chi connectivity index (χ1) is 15.2. The summed E-state index contributed by atoms with van der Waals surface area (Å²) in [5.41, 5.74) is 4.05. The lowest BCUT2D eigenvalue weighted by Crippen LogP contribution is -2.24. The van der Waals surface area contributed by atoms with E-state index >= 15 is 0 Å². The van der Waals surface area contributed by atoms with E-state index in [1.807, 2.05) is 24.3 Å². The smallest absolute Gasteiger partial charge is 0.270 e. The zero-order chi connectivity index (χ0) is 21.5. The van der Waals surface area contributed by atoms with Crippen molar-refractivity contribution < 1.29 is 4.79 Å². The van der Waals surface area contributed by atoms with Crippen molar-refractivity contribution in [3.63, 3.8) is 0 Å². The molecule has 4 rings (SSSR count). The van der Waals surface area contributed by atoms with Crippen molar-refractivity contribution in [2.75, 3.05) is 7.05 Å². The number of nitrogens with one attached hydrogen (secondary N) is 1. The lowest BCUT2D eigenvalue weighted by molar-refractivity contribution is 0.0959. The molecule has 3 nitrogen and oxygen atoms in total. The predicted molar refractivity (Wildman–Crippen MR) is 131 cm³/mol. The minimum absolute atomic E-state index is 0.171. The van der Waals surface area contributed by atoms with Crippen LogP contribution >= 0.6 is 23.1 Å². The lowest BCUT2D eigenvalue weighted by Gasteiger charge is -2.34. The Morgan fingerprint density at radius 1 is 0.871 bits per heavy atom. The predicted octanol–water partition coefficient (Wildman–Crippen LogP) is 6.20. The molecule has 0 saturated heterocycles. The van der Waals surface area contributed by atoms with Gasteiger partial charge in [0.2, 0.25) is 0 Å². The van der Waals surface area contributed by atoms with Crippen LogP contribution in [-0.4, -0.2) is 17.9 Å². The third-order valence-corrected chi connectivity index (χ3v) is 7.12. The van der Waals surface area contributed by atoms with Crippen molar-refractivity contribution in [1.29, 1.82) is 0 Å². The minimum atomic E-state index is -0.416. The highest BCUT2D eigenvalue weighted by Crippen LogP contribution is 2.49. The Morgan fingerprint density at radius 3 is 1.81 bits per heavy atom. The molecule has 3 aromatic carbocycles. The van der Waals surface area contributed by atoms with Crippen LogP contribution in [0.3, 0.4) is 0 Å². The molecule has 0 aliphatic rings. The fourth-order valence-electron chi connectivity index (χ4n) is 3.51. The standard InChI is InChI=1S/C26H22N2OS2/c1-27-25(29)23-19-30-24(28-23)17-18-31-26(20-11-5-2-6-12-20,21-13-7-3-8-14-21)22-15-9-4-10-16-22/h2-19H,1H3,(H,27,29)/b18-17-. The van der Waals surface area contributed by atoms with Gasteiger partial charge in [0.15, 0.2) is 0 Å². The van der Waals surface area contributed by atoms with Crippen molar-refractivity contribution in [2.45, 2.75) is 4.75 Å². The Hall–Kier alpha value is -3.15. The monoisotopic (exact) mass is 442 g/mol. The van der Waals surface area contributed by atoms with Gasteiger partial charge in [-0.15, -0.1) is 23.1 Å². The highest BCUT2D eigenvalue weighted by molar-refractivity contribution is 8.03. The first-order valence-corrected chi connectivity index (χ1v) is 11.7. The van der Waals surface area contributed by atoms with E-state index in [-0.39, 0.29) is 5.91 Å². The van der Waals surface area contributed by atoms with Crippen molar-refractivity contribution in [1.82, 2.24) is 10.3 Å². The van der Waals surface area contributed by atoms with Crippen LogP contribution in [0.2, 0.25) is 0 Å². The molecule has 4 aromatic rings. The summed E-state index contributed by atoms with van der Waals surface area (Å²) in [6, 6.07) is 31.7. The number of nitrogens with zero attached hydrogens (tertiary/aromatic N) is 1. The van der Waals surface area contributed by atoms with E-state index in [1.54, 1.807) is 24.2 Å². The zero-order valence-electron chi connectivity index (χ0n) is 17.1. The average molecular weight is 443 g/mol. The van der Waals surface area contributed by atoms with Gasteiger partial charge in [0, 0.05) is 12.4 Å². The summed E-state index contributed by atoms with van der Waals surface area (Å²) in [4.78, 5) is 16.2. The van der Waals surface area contributed by atoms with Gasteiger partial charge in [-0.25, -0.2) is 4.98 Å². The maximum absolute atomic E-state index is 11.8. The fourth-order valence-corrected chi connectivity index (χ4v) is 5.51. The molecule has 31 heavy (non-hydrogen) atoms. The summed E-state index contributed by atoms with van der Waals surface area (Å²) in [6.45, 7) is 0. The SMILES string of the molecule is CNC(=O)c1csc(/C=C\SC(c2ccccc2)(c2ccccc2)c2ccccc2)n1. The van der Waals surface area contributed by atoms with Gasteiger partial charge in [-0.1, -0.05) is 91.0 Å². The molecule has 154 valence electrons. The van der Waals surface area contributed by atoms with Crippen LogP contribution in [0.4, 0.5) is 0 Å². The number of benzene rings is 3. The number of carbonyl (C=O) groups excluding carboxylic acids is 1. The second kappa shape index (κ2) is 9.77. The lowest BCUT2D eigenvalue weighted by atomic mass is 9.84. The van der Waals surface area contributed by atoms with E-state index in [4.69, 9.17) is 0 Å². The van der Waals surface area contributed by atoms with Gasteiger partial charge < -0.3 is 5.32 Å². The fraction of sp³-hybridized carbons (Fsp3) is 0.0769. The Balaban J connectivity index is 1.79. The van der Waals surface area contributed by atoms with Gasteiger partial charge in [0.25, 0.3) is 5.91 Å². The van der Waals surface area contributed by atoms with Crippen LogP contribution in [0.15, 0.2) is 102 Å². The van der Waals surface area contributed by atoms with Crippen LogP contribution in [0, 0.1) is 0 Å². The number of aromatic nitrogens is 1. The Labute approximate surface area is 190 Å². The topological polar surface area (TPSA) is 42.0 Å². The Morgan fingerprint density at radius 2 is 1.35 bits per heavy atom. The molecule has 0 aliphatic heterocycles. The number of carbonyl (C=O) groups is 1. The van der Waals surface area contributed by atoms with Crippen molar-refractivity contribution >= 4 is 35.1 Å². The van der Waals surface area contributed by atoms with E-state index in [0.29, 0.717) is 5.69 Å². The molecule has 0 aliphatic carbocycles. The third-order valence-electron chi connectivity index (χ3n) is 4.98. The van der Waals surface area contributed by atoms with Crippen LogP contribution in [0.25, 0.3) is 6.08 Å². The average Bonchev–Trinajstić information content (AvgIpc) is 3.32. The molecule has 1 N–H and O–H groups in total. The molecule has 1 aromatic heterocycles. The first-order valence-electron chi connectivity index (χ1n) is 9.92. The summed E-state index contributed by atoms with van der Waals surface area (Å²) in [7, 11) is 1.61. The van der Waals surface area contributed by atoms with E-state index in [1.165, 1.54) is 28.0 Å². The molecular weight excluding hydrogens is 420 g/mol. The quantitative estimate of drug-likeness (QED) is 0.347. The molecule has 0 unspecified atom stereocenters. The van der Waals surface area contributed by atoms with Gasteiger partial charge in [0.1, 0.15) is 10.7 Å². The number of thiazole rings is 1. The number of hydrogen-bond donors (Lipinski definition) is 1. The zero-order valence-corrected chi connectivity index (χ0v) is 18.7. The number of rotatable bonds is 7. The van der Waals surface area contributed by atoms with Crippen LogP contribution < -0.4 is 5.32 Å². The van der Waals surface area contributed by atoms with Crippen LogP contribution in [-0.2, 0) is 4.75 Å². The summed E-state index contributed by atoms with van der Waals surface area (Å²) in [5, 5.41) is 7.28. The minimum Gasteiger partial charge on any atom is -0.354 e. The maximum atomic E-state index is 11.8. The second-order valence-corrected chi connectivity index (χ2v) is 8.86. The van der Waals surface area contributed by atoms with Gasteiger partial charge in [-0.05, 0) is 28.2 Å². The van der Waals surface area contributed by atoms with Gasteiger partial charge in [-0.2, -0.15) is 0 Å². The molecule has 0 spiro atoms. The molecule has 1 amide bonds. The van der Waals surface area contributed by atoms with E-state index in [0.717, 1.165) is 5.01 Å². The van der Waals surface area contributed by atoms with Crippen LogP contribution in [0.5, 0.6) is 0 Å². The van der Waals surface area contributed by atoms with E-state index < -0.39 is 4.75 Å². The highest BCUT2D eigenvalue weighted by atomic mass is 32.2. The van der Waals surface area contributed by atoms with Crippen molar-refractivity contribution in [2.24, 2.45) is 0 Å². The second-order valence-electron chi connectivity index (χ2n) is 6.85. The number of amides is 1. The summed E-state index contributed by atoms with van der Waals surface area (Å²) < 4.78 is -0.416. The van der Waals surface area contributed by atoms with Crippen LogP contribution in [0.1, 0.15) is 32.2 Å². The largest absolute Gasteiger partial charge is 0.354 e. The molecule has 0 bridgehead atoms. The van der Waals surface area contributed by atoms with Gasteiger partial charge in [-0.3, -0.25) is 4.79 Å². The number of hydrogen-bond acceptors (Lipinski definition) is 4. The molecule has 5 heteroatoms. The highest BCUT2D eigenvalue weighted by Gasteiger charge is 2.36. The van der Waals surface area contributed by atoms with Gasteiger partial charge >= 0.3 is 0 Å². The van der Waals surface area contributed by atoms with E-state index in [9.17, 15) is 4.79 Å². The molecular formula is C26H22N2OS2. The maximum Gasteiger partial charge on any atom is 0.270 e. The normalized spacial score (nSPS) is 11.5. The summed E-state index contributed by atoms with van der Waals surface area (Å²) in [6.07, 6.45) is 1.98. The van der Waals surface area contributed by atoms with Crippen molar-refractivity contribution in [3.8, 4) is 0 Å². The molecule has 1 heterocycles.